The van der Waals surface area contributed by atoms with Crippen molar-refractivity contribution in [2.45, 2.75) is 89.1 Å². The van der Waals surface area contributed by atoms with Gasteiger partial charge >= 0.3 is 12.2 Å². The first-order valence-electron chi connectivity index (χ1n) is 22.4. The van der Waals surface area contributed by atoms with Crippen molar-refractivity contribution in [1.82, 2.24) is 30.4 Å². The van der Waals surface area contributed by atoms with Crippen LogP contribution >= 0.6 is 0 Å². The van der Waals surface area contributed by atoms with Crippen LogP contribution in [0.5, 0.6) is 0 Å². The van der Waals surface area contributed by atoms with Crippen molar-refractivity contribution >= 4 is 57.2 Å². The molecule has 0 spiro atoms. The van der Waals surface area contributed by atoms with Crippen molar-refractivity contribution in [3.63, 3.8) is 0 Å². The van der Waals surface area contributed by atoms with Crippen molar-refractivity contribution in [3.8, 4) is 11.3 Å². The van der Waals surface area contributed by atoms with E-state index in [1.165, 1.54) is 7.11 Å². The molecule has 16 heteroatoms. The predicted molar refractivity (Wildman–Crippen MR) is 243 cm³/mol. The number of nitrogens with one attached hydrogen (secondary N) is 3. The lowest BCUT2D eigenvalue weighted by Crippen LogP contribution is -2.51. The first-order valence-corrected chi connectivity index (χ1v) is 22.4. The lowest BCUT2D eigenvalue weighted by Gasteiger charge is -2.30. The minimum Gasteiger partial charge on any atom is -0.456 e. The van der Waals surface area contributed by atoms with E-state index in [-0.39, 0.29) is 41.3 Å². The average Bonchev–Trinajstić information content (AvgIpc) is 4.17. The quantitative estimate of drug-likeness (QED) is 0.114. The molecule has 9 rings (SSSR count). The van der Waals surface area contributed by atoms with Gasteiger partial charge in [-0.25, -0.2) is 14.6 Å². The number of hydrogen-bond donors (Lipinski definition) is 3. The Kier molecular flexibility index (Phi) is 12.5. The second-order valence-corrected chi connectivity index (χ2v) is 17.4. The van der Waals surface area contributed by atoms with Crippen molar-refractivity contribution in [3.05, 3.63) is 106 Å². The summed E-state index contributed by atoms with van der Waals surface area (Å²) in [6.07, 6.45) is 6.76. The molecule has 0 saturated carbocycles. The van der Waals surface area contributed by atoms with Gasteiger partial charge in [0.05, 0.1) is 55.1 Å². The molecule has 3 fully saturated rings. The van der Waals surface area contributed by atoms with E-state index in [9.17, 15) is 24.0 Å². The molecule has 0 unspecified atom stereocenters. The maximum Gasteiger partial charge on any atom is 0.408 e. The SMILES string of the molecule is COC(=O)N[C@H](C(=O)N1CCC[C@H]1c1ncc(-c2ccc3oc4cc(C5=CN=C([C@@H]6CCCN6C(=O)[C@H](NC(=O)OC6CCOCC6)c6ccccc6)C5)ccc4c(=O)c3c2)[nH]1)C(C)C. The fourth-order valence-corrected chi connectivity index (χ4v) is 9.47. The number of carbonyl (C=O) groups is 4. The van der Waals surface area contributed by atoms with Crippen LogP contribution in [0.15, 0.2) is 93.3 Å². The monoisotopic (exact) mass is 883 g/mol. The second kappa shape index (κ2) is 18.7. The molecule has 2 aromatic heterocycles. The van der Waals surface area contributed by atoms with E-state index in [0.717, 1.165) is 41.7 Å². The minimum atomic E-state index is -0.924. The van der Waals surface area contributed by atoms with E-state index in [1.54, 1.807) is 29.3 Å². The number of allylic oxidation sites excluding steroid dienone is 1. The van der Waals surface area contributed by atoms with Gasteiger partial charge in [0.2, 0.25) is 17.2 Å². The highest BCUT2D eigenvalue weighted by Gasteiger charge is 2.40. The lowest BCUT2D eigenvalue weighted by molar-refractivity contribution is -0.135. The Morgan fingerprint density at radius 3 is 2.31 bits per heavy atom. The van der Waals surface area contributed by atoms with Gasteiger partial charge in [0.15, 0.2) is 0 Å². The number of ether oxygens (including phenoxy) is 3. The van der Waals surface area contributed by atoms with Crippen LogP contribution in [0.3, 0.4) is 0 Å². The maximum absolute atomic E-state index is 14.3. The van der Waals surface area contributed by atoms with E-state index in [2.05, 4.69) is 20.6 Å². The molecule has 4 amide bonds. The van der Waals surface area contributed by atoms with Crippen LogP contribution in [0.2, 0.25) is 0 Å². The van der Waals surface area contributed by atoms with Crippen LogP contribution in [-0.2, 0) is 23.8 Å². The summed E-state index contributed by atoms with van der Waals surface area (Å²) in [5, 5.41) is 6.40. The Bertz CT molecular complexity index is 2740. The normalized spacial score (nSPS) is 19.9. The van der Waals surface area contributed by atoms with Gasteiger partial charge in [-0.3, -0.25) is 19.4 Å². The highest BCUT2D eigenvalue weighted by Crippen LogP contribution is 2.35. The highest BCUT2D eigenvalue weighted by atomic mass is 16.6. The number of aliphatic imine (C=N–C) groups is 1. The third-order valence-electron chi connectivity index (χ3n) is 13.0. The Labute approximate surface area is 375 Å². The first-order chi connectivity index (χ1) is 31.6. The maximum atomic E-state index is 14.3. The molecular formula is C49H53N7O9. The molecule has 5 aromatic rings. The van der Waals surface area contributed by atoms with Crippen LogP contribution in [0.4, 0.5) is 9.59 Å². The van der Waals surface area contributed by atoms with Crippen molar-refractivity contribution < 1.29 is 37.8 Å². The predicted octanol–water partition coefficient (Wildman–Crippen LogP) is 7.20. The molecule has 6 heterocycles. The number of benzene rings is 3. The lowest BCUT2D eigenvalue weighted by atomic mass is 9.97. The van der Waals surface area contributed by atoms with Crippen molar-refractivity contribution in [2.24, 2.45) is 10.9 Å². The Morgan fingerprint density at radius 1 is 0.815 bits per heavy atom. The molecule has 4 aliphatic heterocycles. The zero-order chi connectivity index (χ0) is 45.2. The number of amides is 4. The van der Waals surface area contributed by atoms with Crippen molar-refractivity contribution in [1.29, 1.82) is 0 Å². The number of carbonyl (C=O) groups excluding carboxylic acids is 4. The van der Waals surface area contributed by atoms with E-state index in [1.807, 2.05) is 73.5 Å². The summed E-state index contributed by atoms with van der Waals surface area (Å²) in [5.74, 6) is 0.0681. The van der Waals surface area contributed by atoms with E-state index >= 15 is 0 Å². The van der Waals surface area contributed by atoms with Gasteiger partial charge in [0.1, 0.15) is 35.2 Å². The Balaban J connectivity index is 0.888. The molecule has 3 aromatic carbocycles. The van der Waals surface area contributed by atoms with Gasteiger partial charge in [0.25, 0.3) is 0 Å². The molecule has 338 valence electrons. The fraction of sp³-hybridized carbons (Fsp3) is 0.408. The number of methoxy groups -OCH3 is 1. The number of H-pyrrole nitrogens is 1. The molecule has 16 nitrogen and oxygen atoms in total. The highest BCUT2D eigenvalue weighted by molar-refractivity contribution is 6.04. The molecule has 3 saturated heterocycles. The smallest absolute Gasteiger partial charge is 0.408 e. The van der Waals surface area contributed by atoms with Crippen LogP contribution in [0, 0.1) is 5.92 Å². The summed E-state index contributed by atoms with van der Waals surface area (Å²) in [6.45, 7) is 5.88. The number of aromatic amines is 1. The summed E-state index contributed by atoms with van der Waals surface area (Å²) in [4.78, 5) is 83.6. The van der Waals surface area contributed by atoms with Crippen LogP contribution in [0.25, 0.3) is 38.8 Å². The largest absolute Gasteiger partial charge is 0.456 e. The molecule has 0 aliphatic carbocycles. The van der Waals surface area contributed by atoms with E-state index in [0.29, 0.717) is 91.0 Å². The van der Waals surface area contributed by atoms with Crippen LogP contribution in [0.1, 0.15) is 87.8 Å². The molecule has 0 bridgehead atoms. The average molecular weight is 884 g/mol. The number of alkyl carbamates (subject to hydrolysis) is 2. The molecule has 4 atom stereocenters. The summed E-state index contributed by atoms with van der Waals surface area (Å²) in [7, 11) is 1.27. The third kappa shape index (κ3) is 8.99. The molecule has 3 N–H and O–H groups in total. The zero-order valence-electron chi connectivity index (χ0n) is 36.7. The molecule has 0 radical (unpaired) electrons. The number of nitrogens with zero attached hydrogens (tertiary/aromatic N) is 4. The number of fused-ring (bicyclic) bond motifs is 2. The van der Waals surface area contributed by atoms with Gasteiger partial charge in [-0.15, -0.1) is 0 Å². The number of rotatable bonds is 11. The van der Waals surface area contributed by atoms with Gasteiger partial charge in [-0.2, -0.15) is 0 Å². The van der Waals surface area contributed by atoms with Crippen molar-refractivity contribution in [2.75, 3.05) is 33.4 Å². The number of imidazole rings is 1. The molecule has 4 aliphatic rings. The van der Waals surface area contributed by atoms with Gasteiger partial charge in [-0.1, -0.05) is 50.2 Å². The Hall–Kier alpha value is -6.81. The number of likely N-dealkylation sites (tertiary alicyclic amines) is 2. The summed E-state index contributed by atoms with van der Waals surface area (Å²) >= 11 is 0. The third-order valence-corrected chi connectivity index (χ3v) is 13.0. The van der Waals surface area contributed by atoms with E-state index < -0.39 is 24.3 Å². The fourth-order valence-electron chi connectivity index (χ4n) is 9.47. The number of hydrogen-bond acceptors (Lipinski definition) is 11. The molecular weight excluding hydrogens is 831 g/mol. The topological polar surface area (TPSA) is 198 Å². The number of aromatic nitrogens is 2. The second-order valence-electron chi connectivity index (χ2n) is 17.4. The summed E-state index contributed by atoms with van der Waals surface area (Å²) < 4.78 is 22.2. The van der Waals surface area contributed by atoms with Gasteiger partial charge in [-0.05, 0) is 78.6 Å². The zero-order valence-corrected chi connectivity index (χ0v) is 36.7. The molecule has 65 heavy (non-hydrogen) atoms. The van der Waals surface area contributed by atoms with E-state index in [4.69, 9.17) is 23.6 Å². The summed E-state index contributed by atoms with van der Waals surface area (Å²) in [5.41, 5.74) is 5.47. The van der Waals surface area contributed by atoms with Crippen LogP contribution in [-0.4, -0.2) is 101 Å². The standard InChI is InChI=1S/C49H53N7O9/c1-28(2)42(53-48(60)62-3)46(58)56-20-8-12-39(56)45-51-27-37(52-45)31-14-16-40-35(23-31)44(57)34-15-13-30(25-41(34)65-40)32-24-36(50-26-32)38-11-7-19-55(38)47(59)43(29-9-5-4-6-10-29)54-49(61)64-33-17-21-63-22-18-33/h4-6,9-10,13-16,23,25-28,33,38-39,42-43H,7-8,11-12,17-22,24H2,1-3H3,(H,51,52)(H,53,60)(H,54,61)/t38-,39-,42-,43+/m0/s1. The Morgan fingerprint density at radius 2 is 1.55 bits per heavy atom. The first kappa shape index (κ1) is 43.4. The van der Waals surface area contributed by atoms with Crippen LogP contribution < -0.4 is 16.1 Å². The minimum absolute atomic E-state index is 0.151. The van der Waals surface area contributed by atoms with Gasteiger partial charge in [0, 0.05) is 49.8 Å². The summed E-state index contributed by atoms with van der Waals surface area (Å²) in [6, 6.07) is 18.0. The van der Waals surface area contributed by atoms with Gasteiger partial charge < -0.3 is 44.0 Å².